The quantitative estimate of drug-likeness (QED) is 0.219. The van der Waals surface area contributed by atoms with Crippen molar-refractivity contribution in [1.82, 2.24) is 10.2 Å². The van der Waals surface area contributed by atoms with Crippen LogP contribution in [0, 0.1) is 0 Å². The van der Waals surface area contributed by atoms with Crippen molar-refractivity contribution in [3.05, 3.63) is 81.3 Å². The summed E-state index contributed by atoms with van der Waals surface area (Å²) in [5.74, 6) is -0.416. The van der Waals surface area contributed by atoms with Crippen LogP contribution in [0.5, 0.6) is 11.5 Å². The van der Waals surface area contributed by atoms with Gasteiger partial charge in [-0.1, -0.05) is 54.7 Å². The lowest BCUT2D eigenvalue weighted by molar-refractivity contribution is -0.140. The van der Waals surface area contributed by atoms with Crippen LogP contribution in [0.25, 0.3) is 0 Å². The van der Waals surface area contributed by atoms with Crippen LogP contribution in [-0.4, -0.2) is 58.5 Å². The summed E-state index contributed by atoms with van der Waals surface area (Å²) in [4.78, 5) is 28.6. The summed E-state index contributed by atoms with van der Waals surface area (Å²) >= 11 is 18.4. The zero-order valence-corrected chi connectivity index (χ0v) is 27.4. The maximum atomic E-state index is 14.1. The van der Waals surface area contributed by atoms with Crippen LogP contribution in [0.4, 0.5) is 5.69 Å². The number of methoxy groups -OCH3 is 2. The molecule has 0 saturated heterocycles. The van der Waals surface area contributed by atoms with E-state index in [9.17, 15) is 18.0 Å². The third kappa shape index (κ3) is 8.47. The van der Waals surface area contributed by atoms with E-state index in [1.807, 2.05) is 6.92 Å². The van der Waals surface area contributed by atoms with Crippen LogP contribution in [-0.2, 0) is 26.2 Å². The highest BCUT2D eigenvalue weighted by Gasteiger charge is 2.34. The van der Waals surface area contributed by atoms with Gasteiger partial charge in [0, 0.05) is 24.2 Å². The molecule has 3 aromatic rings. The highest BCUT2D eigenvalue weighted by Crippen LogP contribution is 2.33. The van der Waals surface area contributed by atoms with Gasteiger partial charge in [-0.05, 0) is 66.9 Å². The van der Waals surface area contributed by atoms with E-state index in [-0.39, 0.29) is 40.2 Å². The molecule has 3 rings (SSSR count). The first-order valence-electron chi connectivity index (χ1n) is 13.5. The summed E-state index contributed by atoms with van der Waals surface area (Å²) in [6, 6.07) is 14.2. The van der Waals surface area contributed by atoms with Crippen molar-refractivity contribution in [3.8, 4) is 11.5 Å². The van der Waals surface area contributed by atoms with Crippen molar-refractivity contribution in [2.24, 2.45) is 0 Å². The lowest BCUT2D eigenvalue weighted by atomic mass is 10.1. The lowest BCUT2D eigenvalue weighted by Gasteiger charge is -2.33. The third-order valence-electron chi connectivity index (χ3n) is 6.61. The largest absolute Gasteiger partial charge is 0.493 e. The number of nitrogens with zero attached hydrogens (tertiary/aromatic N) is 2. The predicted octanol–water partition coefficient (Wildman–Crippen LogP) is 6.19. The topological polar surface area (TPSA) is 105 Å². The molecule has 0 radical (unpaired) electrons. The van der Waals surface area contributed by atoms with Gasteiger partial charge < -0.3 is 19.7 Å². The van der Waals surface area contributed by atoms with E-state index in [1.54, 1.807) is 25.1 Å². The number of carbonyl (C=O) groups is 2. The molecule has 0 saturated carbocycles. The monoisotopic (exact) mass is 669 g/mol. The number of hydrogen-bond acceptors (Lipinski definition) is 6. The number of ether oxygens (including phenoxy) is 2. The smallest absolute Gasteiger partial charge is 0.264 e. The normalized spacial score (nSPS) is 11.9. The van der Waals surface area contributed by atoms with E-state index in [2.05, 4.69) is 5.32 Å². The molecule has 0 unspecified atom stereocenters. The Morgan fingerprint density at radius 3 is 2.14 bits per heavy atom. The number of anilines is 1. The van der Waals surface area contributed by atoms with Gasteiger partial charge in [-0.15, -0.1) is 0 Å². The number of nitrogens with one attached hydrogen (secondary N) is 1. The molecule has 0 aliphatic rings. The van der Waals surface area contributed by atoms with E-state index in [4.69, 9.17) is 44.3 Å². The van der Waals surface area contributed by atoms with Crippen LogP contribution in [0.15, 0.2) is 65.6 Å². The molecule has 0 heterocycles. The molecule has 0 bridgehead atoms. The molecule has 13 heteroatoms. The van der Waals surface area contributed by atoms with Crippen molar-refractivity contribution >= 4 is 62.3 Å². The number of amides is 2. The number of sulfonamides is 1. The summed E-state index contributed by atoms with van der Waals surface area (Å²) in [5.41, 5.74) is 0.816. The molecule has 0 fully saturated rings. The zero-order valence-electron chi connectivity index (χ0n) is 24.3. The maximum absolute atomic E-state index is 14.1. The first kappa shape index (κ1) is 34.3. The molecule has 9 nitrogen and oxygen atoms in total. The van der Waals surface area contributed by atoms with Gasteiger partial charge in [0.05, 0.1) is 34.8 Å². The van der Waals surface area contributed by atoms with Crippen LogP contribution >= 0.6 is 34.8 Å². The van der Waals surface area contributed by atoms with Crippen LogP contribution in [0.1, 0.15) is 32.3 Å². The van der Waals surface area contributed by atoms with Gasteiger partial charge in [-0.3, -0.25) is 13.9 Å². The van der Waals surface area contributed by atoms with Gasteiger partial charge in [0.1, 0.15) is 12.6 Å². The van der Waals surface area contributed by atoms with Crippen molar-refractivity contribution in [2.75, 3.05) is 31.6 Å². The standard InChI is InChI=1S/C30H34Cl3N3O6S/c1-5-15-34-30(38)26(6-2)35(18-20-7-13-24(32)25(33)16-20)29(37)19-36(22-10-8-21(31)9-11-22)43(39,40)23-12-14-27(41-3)28(17-23)42-4/h7-14,16-17,26H,5-6,15,18-19H2,1-4H3,(H,34,38)/t26-/m1/s1. The minimum absolute atomic E-state index is 0.0152. The molecule has 2 amide bonds. The Kier molecular flexibility index (Phi) is 12.4. The molecular weight excluding hydrogens is 637 g/mol. The van der Waals surface area contributed by atoms with E-state index >= 15 is 0 Å². The fourth-order valence-electron chi connectivity index (χ4n) is 4.36. The Hall–Kier alpha value is -3.18. The van der Waals surface area contributed by atoms with Gasteiger partial charge in [0.15, 0.2) is 11.5 Å². The number of benzene rings is 3. The van der Waals surface area contributed by atoms with Gasteiger partial charge >= 0.3 is 0 Å². The average Bonchev–Trinajstić information content (AvgIpc) is 3.00. The van der Waals surface area contributed by atoms with E-state index < -0.39 is 28.5 Å². The highest BCUT2D eigenvalue weighted by atomic mass is 35.5. The van der Waals surface area contributed by atoms with E-state index in [0.717, 1.165) is 4.31 Å². The molecule has 43 heavy (non-hydrogen) atoms. The first-order chi connectivity index (χ1) is 20.5. The van der Waals surface area contributed by atoms with Gasteiger partial charge in [-0.2, -0.15) is 0 Å². The lowest BCUT2D eigenvalue weighted by Crippen LogP contribution is -2.52. The van der Waals surface area contributed by atoms with Crippen molar-refractivity contribution in [1.29, 1.82) is 0 Å². The number of hydrogen-bond donors (Lipinski definition) is 1. The Balaban J connectivity index is 2.10. The summed E-state index contributed by atoms with van der Waals surface area (Å²) in [6.07, 6.45) is 0.989. The van der Waals surface area contributed by atoms with Crippen LogP contribution in [0.2, 0.25) is 15.1 Å². The molecule has 0 aliphatic carbocycles. The van der Waals surface area contributed by atoms with Gasteiger partial charge in [-0.25, -0.2) is 8.42 Å². The van der Waals surface area contributed by atoms with Crippen molar-refractivity contribution in [3.63, 3.8) is 0 Å². The zero-order chi connectivity index (χ0) is 31.7. The van der Waals surface area contributed by atoms with Gasteiger partial charge in [0.25, 0.3) is 10.0 Å². The fourth-order valence-corrected chi connectivity index (χ4v) is 6.24. The SMILES string of the molecule is CCCNC(=O)[C@@H](CC)N(Cc1ccc(Cl)c(Cl)c1)C(=O)CN(c1ccc(Cl)cc1)S(=O)(=O)c1ccc(OC)c(OC)c1. The molecular formula is C30H34Cl3N3O6S. The average molecular weight is 671 g/mol. The van der Waals surface area contributed by atoms with E-state index in [0.29, 0.717) is 34.3 Å². The minimum atomic E-state index is -4.34. The second-order valence-electron chi connectivity index (χ2n) is 9.49. The summed E-state index contributed by atoms with van der Waals surface area (Å²) in [5, 5.41) is 3.86. The summed E-state index contributed by atoms with van der Waals surface area (Å²) in [6.45, 7) is 3.50. The fraction of sp³-hybridized carbons (Fsp3) is 0.333. The second kappa shape index (κ2) is 15.5. The number of carbonyl (C=O) groups excluding carboxylic acids is 2. The number of rotatable bonds is 14. The molecule has 1 N–H and O–H groups in total. The Bertz CT molecular complexity index is 1540. The minimum Gasteiger partial charge on any atom is -0.493 e. The first-order valence-corrected chi connectivity index (χ1v) is 16.1. The van der Waals surface area contributed by atoms with Gasteiger partial charge in [0.2, 0.25) is 11.8 Å². The number of halogens is 3. The van der Waals surface area contributed by atoms with Crippen molar-refractivity contribution < 1.29 is 27.5 Å². The molecule has 1 atom stereocenters. The third-order valence-corrected chi connectivity index (χ3v) is 9.37. The predicted molar refractivity (Wildman–Crippen MR) is 170 cm³/mol. The van der Waals surface area contributed by atoms with Crippen molar-refractivity contribution in [2.45, 2.75) is 44.2 Å². The molecule has 0 aromatic heterocycles. The summed E-state index contributed by atoms with van der Waals surface area (Å²) < 4.78 is 39.8. The van der Waals surface area contributed by atoms with E-state index in [1.165, 1.54) is 61.6 Å². The van der Waals surface area contributed by atoms with Crippen LogP contribution in [0.3, 0.4) is 0 Å². The highest BCUT2D eigenvalue weighted by molar-refractivity contribution is 7.92. The second-order valence-corrected chi connectivity index (χ2v) is 12.6. The molecule has 232 valence electrons. The summed E-state index contributed by atoms with van der Waals surface area (Å²) in [7, 11) is -1.51. The molecule has 0 aliphatic heterocycles. The Labute approximate surface area is 267 Å². The maximum Gasteiger partial charge on any atom is 0.264 e. The molecule has 3 aromatic carbocycles. The van der Waals surface area contributed by atoms with Crippen LogP contribution < -0.4 is 19.1 Å². The Morgan fingerprint density at radius 2 is 1.56 bits per heavy atom. The Morgan fingerprint density at radius 1 is 0.884 bits per heavy atom. The molecule has 0 spiro atoms.